The number of carbonyl (C=O) groups is 1. The maximum absolute atomic E-state index is 12.7. The van der Waals surface area contributed by atoms with E-state index in [2.05, 4.69) is 31.9 Å². The molecule has 1 aliphatic rings. The van der Waals surface area contributed by atoms with E-state index in [0.29, 0.717) is 32.6 Å². The van der Waals surface area contributed by atoms with Gasteiger partial charge in [0.15, 0.2) is 5.76 Å². The summed E-state index contributed by atoms with van der Waals surface area (Å²) < 4.78 is 12.0. The van der Waals surface area contributed by atoms with Gasteiger partial charge in [0, 0.05) is 11.1 Å². The zero-order chi connectivity index (χ0) is 16.6. The molecule has 1 aliphatic heterocycles. The van der Waals surface area contributed by atoms with Gasteiger partial charge < -0.3 is 14.6 Å². The van der Waals surface area contributed by atoms with Crippen LogP contribution in [0.5, 0.6) is 11.5 Å². The highest BCUT2D eigenvalue weighted by atomic mass is 79.9. The molecule has 6 heteroatoms. The second kappa shape index (κ2) is 6.37. The number of carbonyl (C=O) groups excluding carboxylic acids is 1. The number of ketones is 1. The molecular weight excluding hydrogens is 428 g/mol. The normalized spacial score (nSPS) is 13.3. The third-order valence-electron chi connectivity index (χ3n) is 3.52. The van der Waals surface area contributed by atoms with E-state index in [1.165, 1.54) is 0 Å². The number of phenols is 1. The number of Topliss-reactive ketones (excluding diaryl/α,β-unsaturated/α-hetero) is 1. The second-order valence-corrected chi connectivity index (χ2v) is 6.65. The Morgan fingerprint density at radius 2 is 1.78 bits per heavy atom. The Morgan fingerprint density at radius 1 is 1.17 bits per heavy atom. The van der Waals surface area contributed by atoms with Gasteiger partial charge in [-0.15, -0.1) is 0 Å². The predicted octanol–water partition coefficient (Wildman–Crippen LogP) is 4.55. The molecule has 2 aromatic rings. The molecule has 1 heterocycles. The summed E-state index contributed by atoms with van der Waals surface area (Å²) in [5.41, 5.74) is 2.19. The molecule has 0 radical (unpaired) electrons. The first-order chi connectivity index (χ1) is 11.0. The van der Waals surface area contributed by atoms with Crippen LogP contribution in [0.15, 0.2) is 51.1 Å². The second-order valence-electron chi connectivity index (χ2n) is 4.95. The molecule has 1 N–H and O–H groups in total. The van der Waals surface area contributed by atoms with Crippen molar-refractivity contribution in [3.8, 4) is 11.5 Å². The number of ether oxygens (including phenoxy) is 2. The lowest BCUT2D eigenvalue weighted by molar-refractivity contribution is 0.0901. The Morgan fingerprint density at radius 3 is 2.26 bits per heavy atom. The van der Waals surface area contributed by atoms with Crippen molar-refractivity contribution < 1.29 is 19.4 Å². The number of benzene rings is 2. The summed E-state index contributed by atoms with van der Waals surface area (Å²) in [6.07, 6.45) is 0. The standard InChI is InChI=1S/C17H12Br2O4/c1-22-17-13(18)6-10(7-14(17)19)15(21)16-12(8-23-16)9-2-4-11(20)5-3-9/h2-7,20H,8H2,1H3. The van der Waals surface area contributed by atoms with E-state index in [9.17, 15) is 9.90 Å². The van der Waals surface area contributed by atoms with Crippen LogP contribution in [0.4, 0.5) is 0 Å². The Labute approximate surface area is 150 Å². The molecule has 0 saturated carbocycles. The van der Waals surface area contributed by atoms with Gasteiger partial charge in [-0.2, -0.15) is 0 Å². The highest BCUT2D eigenvalue weighted by Gasteiger charge is 2.28. The van der Waals surface area contributed by atoms with E-state index in [-0.39, 0.29) is 11.5 Å². The van der Waals surface area contributed by atoms with Gasteiger partial charge in [0.05, 0.1) is 16.1 Å². The van der Waals surface area contributed by atoms with Gasteiger partial charge in [0.25, 0.3) is 0 Å². The van der Waals surface area contributed by atoms with Gasteiger partial charge in [-0.05, 0) is 61.7 Å². The number of hydrogen-bond donors (Lipinski definition) is 1. The van der Waals surface area contributed by atoms with Crippen LogP contribution in [0.1, 0.15) is 15.9 Å². The highest BCUT2D eigenvalue weighted by Crippen LogP contribution is 2.37. The minimum atomic E-state index is -0.191. The number of hydrogen-bond acceptors (Lipinski definition) is 4. The van der Waals surface area contributed by atoms with Crippen molar-refractivity contribution in [2.45, 2.75) is 0 Å². The van der Waals surface area contributed by atoms with Gasteiger partial charge in [-0.1, -0.05) is 12.1 Å². The SMILES string of the molecule is COc1c(Br)cc(C(=O)C2=C(c3ccc(O)cc3)CO2)cc1Br. The lowest BCUT2D eigenvalue weighted by Gasteiger charge is -2.24. The molecule has 118 valence electrons. The smallest absolute Gasteiger partial charge is 0.228 e. The molecule has 0 fully saturated rings. The molecule has 0 spiro atoms. The van der Waals surface area contributed by atoms with Gasteiger partial charge in [-0.3, -0.25) is 4.79 Å². The zero-order valence-corrected chi connectivity index (χ0v) is 15.3. The van der Waals surface area contributed by atoms with E-state index >= 15 is 0 Å². The molecule has 0 aliphatic carbocycles. The van der Waals surface area contributed by atoms with E-state index in [0.717, 1.165) is 11.1 Å². The number of halogens is 2. The van der Waals surface area contributed by atoms with Crippen molar-refractivity contribution in [3.63, 3.8) is 0 Å². The molecule has 2 aromatic carbocycles. The van der Waals surface area contributed by atoms with Crippen LogP contribution >= 0.6 is 31.9 Å². The Hall–Kier alpha value is -1.79. The van der Waals surface area contributed by atoms with E-state index < -0.39 is 0 Å². The molecule has 0 unspecified atom stereocenters. The topological polar surface area (TPSA) is 55.8 Å². The molecule has 4 nitrogen and oxygen atoms in total. The Balaban J connectivity index is 1.97. The first-order valence-electron chi connectivity index (χ1n) is 6.74. The van der Waals surface area contributed by atoms with Gasteiger partial charge in [0.1, 0.15) is 18.1 Å². The molecule has 0 aromatic heterocycles. The third-order valence-corrected chi connectivity index (χ3v) is 4.70. The van der Waals surface area contributed by atoms with Crippen LogP contribution in [0, 0.1) is 0 Å². The van der Waals surface area contributed by atoms with Crippen molar-refractivity contribution >= 4 is 43.2 Å². The van der Waals surface area contributed by atoms with Crippen LogP contribution < -0.4 is 4.74 Å². The molecule has 0 saturated heterocycles. The Kier molecular flexibility index (Phi) is 4.46. The van der Waals surface area contributed by atoms with Crippen LogP contribution in [0.3, 0.4) is 0 Å². The summed E-state index contributed by atoms with van der Waals surface area (Å²) in [5, 5.41) is 9.36. The number of aromatic hydroxyl groups is 1. The summed E-state index contributed by atoms with van der Waals surface area (Å²) in [4.78, 5) is 12.7. The zero-order valence-electron chi connectivity index (χ0n) is 12.1. The fourth-order valence-corrected chi connectivity index (χ4v) is 3.82. The molecule has 0 atom stereocenters. The fourth-order valence-electron chi connectivity index (χ4n) is 2.31. The molecular formula is C17H12Br2O4. The van der Waals surface area contributed by atoms with E-state index in [4.69, 9.17) is 9.47 Å². The molecule has 23 heavy (non-hydrogen) atoms. The number of allylic oxidation sites excluding steroid dienone is 1. The number of rotatable bonds is 4. The summed E-state index contributed by atoms with van der Waals surface area (Å²) in [7, 11) is 1.56. The largest absolute Gasteiger partial charge is 0.508 e. The monoisotopic (exact) mass is 438 g/mol. The first-order valence-corrected chi connectivity index (χ1v) is 8.33. The lowest BCUT2D eigenvalue weighted by Crippen LogP contribution is -2.20. The van der Waals surface area contributed by atoms with Crippen molar-refractivity contribution in [2.75, 3.05) is 13.7 Å². The molecule has 3 rings (SSSR count). The quantitative estimate of drug-likeness (QED) is 0.710. The van der Waals surface area contributed by atoms with Crippen molar-refractivity contribution in [1.82, 2.24) is 0 Å². The lowest BCUT2D eigenvalue weighted by atomic mass is 9.97. The van der Waals surface area contributed by atoms with Crippen LogP contribution in [-0.4, -0.2) is 24.6 Å². The summed E-state index contributed by atoms with van der Waals surface area (Å²) in [5.74, 6) is 0.956. The van der Waals surface area contributed by atoms with Crippen LogP contribution in [-0.2, 0) is 4.74 Å². The Bertz CT molecular complexity index is 787. The minimum absolute atomic E-state index is 0.186. The summed E-state index contributed by atoms with van der Waals surface area (Å²) >= 11 is 6.78. The maximum Gasteiger partial charge on any atom is 0.228 e. The summed E-state index contributed by atoms with van der Waals surface area (Å²) in [6, 6.07) is 10.1. The molecule has 0 bridgehead atoms. The van der Waals surface area contributed by atoms with Crippen molar-refractivity contribution in [2.24, 2.45) is 0 Å². The number of phenolic OH excluding ortho intramolecular Hbond substituents is 1. The summed E-state index contributed by atoms with van der Waals surface area (Å²) in [6.45, 7) is 0.379. The van der Waals surface area contributed by atoms with Gasteiger partial charge >= 0.3 is 0 Å². The maximum atomic E-state index is 12.7. The fraction of sp³-hybridized carbons (Fsp3) is 0.118. The average molecular weight is 440 g/mol. The van der Waals surface area contributed by atoms with Crippen LogP contribution in [0.25, 0.3) is 5.57 Å². The van der Waals surface area contributed by atoms with E-state index in [1.54, 1.807) is 43.5 Å². The van der Waals surface area contributed by atoms with Crippen LogP contribution in [0.2, 0.25) is 0 Å². The molecule has 0 amide bonds. The van der Waals surface area contributed by atoms with Gasteiger partial charge in [0.2, 0.25) is 5.78 Å². The highest BCUT2D eigenvalue weighted by molar-refractivity contribution is 9.11. The predicted molar refractivity (Wildman–Crippen MR) is 93.7 cm³/mol. The number of methoxy groups -OCH3 is 1. The first kappa shape index (κ1) is 16.1. The van der Waals surface area contributed by atoms with Gasteiger partial charge in [-0.25, -0.2) is 0 Å². The van der Waals surface area contributed by atoms with Crippen molar-refractivity contribution in [3.05, 3.63) is 62.2 Å². The van der Waals surface area contributed by atoms with Crippen molar-refractivity contribution in [1.29, 1.82) is 0 Å². The minimum Gasteiger partial charge on any atom is -0.508 e. The average Bonchev–Trinajstić information content (AvgIpc) is 2.48. The van der Waals surface area contributed by atoms with E-state index in [1.807, 2.05) is 0 Å². The third kappa shape index (κ3) is 3.01.